The second-order valence-electron chi connectivity index (χ2n) is 5.33. The van der Waals surface area contributed by atoms with Gasteiger partial charge in [-0.1, -0.05) is 24.6 Å². The van der Waals surface area contributed by atoms with Crippen LogP contribution in [-0.2, 0) is 4.79 Å². The number of rotatable bonds is 6. The molecule has 0 radical (unpaired) electrons. The molecular weight excluding hydrogens is 288 g/mol. The number of benzene rings is 1. The van der Waals surface area contributed by atoms with Gasteiger partial charge in [0.25, 0.3) is 5.91 Å². The molecule has 21 heavy (non-hydrogen) atoms. The first-order chi connectivity index (χ1) is 10.2. The molecule has 1 aromatic carbocycles. The number of carbonyl (C=O) groups is 1. The first-order valence-corrected chi connectivity index (χ1v) is 7.97. The summed E-state index contributed by atoms with van der Waals surface area (Å²) < 4.78 is 5.57. The molecule has 4 nitrogen and oxygen atoms in total. The number of piperidine rings is 1. The van der Waals surface area contributed by atoms with Gasteiger partial charge >= 0.3 is 0 Å². The van der Waals surface area contributed by atoms with E-state index in [2.05, 4.69) is 12.2 Å². The van der Waals surface area contributed by atoms with Gasteiger partial charge in [-0.2, -0.15) is 0 Å². The molecule has 0 saturated carbocycles. The summed E-state index contributed by atoms with van der Waals surface area (Å²) in [6.45, 7) is 4.86. The van der Waals surface area contributed by atoms with E-state index in [-0.39, 0.29) is 18.6 Å². The molecule has 116 valence electrons. The van der Waals surface area contributed by atoms with Crippen molar-refractivity contribution in [3.63, 3.8) is 0 Å². The molecule has 1 atom stereocenters. The molecule has 1 aliphatic heterocycles. The van der Waals surface area contributed by atoms with Gasteiger partial charge in [-0.25, -0.2) is 0 Å². The zero-order chi connectivity index (χ0) is 15.1. The Morgan fingerprint density at radius 1 is 1.52 bits per heavy atom. The van der Waals surface area contributed by atoms with Crippen LogP contribution in [0.4, 0.5) is 0 Å². The van der Waals surface area contributed by atoms with E-state index in [1.165, 1.54) is 0 Å². The third-order valence-corrected chi connectivity index (χ3v) is 3.89. The maximum Gasteiger partial charge on any atom is 0.260 e. The van der Waals surface area contributed by atoms with Crippen LogP contribution < -0.4 is 10.1 Å². The molecule has 0 aliphatic carbocycles. The fraction of sp³-hybridized carbons (Fsp3) is 0.562. The molecule has 5 heteroatoms. The molecule has 1 aliphatic rings. The number of halogens is 1. The standard InChI is InChI=1S/C16H23ClN2O2/c1-2-9-19(14-6-4-8-18-11-14)16(20)12-21-15-7-3-5-13(17)10-15/h3,5,7,10,14,18H,2,4,6,8-9,11-12H2,1H3. The lowest BCUT2D eigenvalue weighted by Crippen LogP contribution is -2.50. The number of nitrogens with zero attached hydrogens (tertiary/aromatic N) is 1. The van der Waals surface area contributed by atoms with Gasteiger partial charge in [0, 0.05) is 24.2 Å². The van der Waals surface area contributed by atoms with Crippen LogP contribution in [0.15, 0.2) is 24.3 Å². The summed E-state index contributed by atoms with van der Waals surface area (Å²) >= 11 is 5.91. The highest BCUT2D eigenvalue weighted by Crippen LogP contribution is 2.18. The predicted octanol–water partition coefficient (Wildman–Crippen LogP) is 2.71. The number of nitrogens with one attached hydrogen (secondary N) is 1. The lowest BCUT2D eigenvalue weighted by molar-refractivity contribution is -0.136. The average Bonchev–Trinajstić information content (AvgIpc) is 2.51. The molecule has 0 spiro atoms. The smallest absolute Gasteiger partial charge is 0.260 e. The van der Waals surface area contributed by atoms with E-state index in [4.69, 9.17) is 16.3 Å². The van der Waals surface area contributed by atoms with Crippen LogP contribution in [0.1, 0.15) is 26.2 Å². The molecule has 1 aromatic rings. The highest BCUT2D eigenvalue weighted by Gasteiger charge is 2.24. The largest absolute Gasteiger partial charge is 0.484 e. The third-order valence-electron chi connectivity index (χ3n) is 3.65. The van der Waals surface area contributed by atoms with Crippen molar-refractivity contribution in [1.82, 2.24) is 10.2 Å². The Morgan fingerprint density at radius 2 is 2.38 bits per heavy atom. The SMILES string of the molecule is CCCN(C(=O)COc1cccc(Cl)c1)C1CCCNC1. The minimum absolute atomic E-state index is 0.0468. The monoisotopic (exact) mass is 310 g/mol. The van der Waals surface area contributed by atoms with Crippen molar-refractivity contribution in [2.24, 2.45) is 0 Å². The summed E-state index contributed by atoms with van der Waals surface area (Å²) in [5.41, 5.74) is 0. The molecule has 0 bridgehead atoms. The van der Waals surface area contributed by atoms with Crippen molar-refractivity contribution >= 4 is 17.5 Å². The van der Waals surface area contributed by atoms with Crippen molar-refractivity contribution in [1.29, 1.82) is 0 Å². The van der Waals surface area contributed by atoms with Crippen LogP contribution in [0, 0.1) is 0 Å². The maximum absolute atomic E-state index is 12.4. The Kier molecular flexibility index (Phi) is 6.33. The zero-order valence-electron chi connectivity index (χ0n) is 12.5. The molecule has 1 fully saturated rings. The fourth-order valence-corrected chi connectivity index (χ4v) is 2.82. The minimum atomic E-state index is 0.0468. The van der Waals surface area contributed by atoms with Gasteiger partial charge in [0.2, 0.25) is 0 Å². The number of hydrogen-bond acceptors (Lipinski definition) is 3. The predicted molar refractivity (Wildman–Crippen MR) is 84.8 cm³/mol. The number of amides is 1. The topological polar surface area (TPSA) is 41.6 Å². The van der Waals surface area contributed by atoms with E-state index in [0.717, 1.165) is 38.9 Å². The van der Waals surface area contributed by atoms with Crippen LogP contribution in [0.5, 0.6) is 5.75 Å². The average molecular weight is 311 g/mol. The van der Waals surface area contributed by atoms with Gasteiger partial charge in [0.1, 0.15) is 5.75 Å². The normalized spacial score (nSPS) is 18.3. The molecule has 1 N–H and O–H groups in total. The maximum atomic E-state index is 12.4. The van der Waals surface area contributed by atoms with Gasteiger partial charge in [-0.05, 0) is 44.0 Å². The Hall–Kier alpha value is -1.26. The molecule has 1 unspecified atom stereocenters. The van der Waals surface area contributed by atoms with E-state index in [1.54, 1.807) is 12.1 Å². The highest BCUT2D eigenvalue weighted by atomic mass is 35.5. The van der Waals surface area contributed by atoms with E-state index in [1.807, 2.05) is 17.0 Å². The first kappa shape index (κ1) is 16.1. The van der Waals surface area contributed by atoms with Crippen LogP contribution in [0.25, 0.3) is 0 Å². The van der Waals surface area contributed by atoms with E-state index < -0.39 is 0 Å². The Bertz CT molecular complexity index is 461. The van der Waals surface area contributed by atoms with Crippen molar-refractivity contribution in [3.05, 3.63) is 29.3 Å². The lowest BCUT2D eigenvalue weighted by atomic mass is 10.1. The Morgan fingerprint density at radius 3 is 3.05 bits per heavy atom. The second-order valence-corrected chi connectivity index (χ2v) is 5.77. The molecule has 1 heterocycles. The molecular formula is C16H23ClN2O2. The molecule has 1 amide bonds. The van der Waals surface area contributed by atoms with Crippen molar-refractivity contribution in [2.75, 3.05) is 26.2 Å². The fourth-order valence-electron chi connectivity index (χ4n) is 2.64. The summed E-state index contributed by atoms with van der Waals surface area (Å²) in [6, 6.07) is 7.42. The summed E-state index contributed by atoms with van der Waals surface area (Å²) in [5.74, 6) is 0.680. The minimum Gasteiger partial charge on any atom is -0.484 e. The van der Waals surface area contributed by atoms with Gasteiger partial charge in [-0.3, -0.25) is 4.79 Å². The van der Waals surface area contributed by atoms with Crippen molar-refractivity contribution in [3.8, 4) is 5.75 Å². The number of hydrogen-bond donors (Lipinski definition) is 1. The van der Waals surface area contributed by atoms with Gasteiger partial charge in [0.05, 0.1) is 0 Å². The quantitative estimate of drug-likeness (QED) is 0.878. The second kappa shape index (κ2) is 8.25. The Labute approximate surface area is 131 Å². The summed E-state index contributed by atoms with van der Waals surface area (Å²) in [5, 5.41) is 3.97. The molecule has 2 rings (SSSR count). The third kappa shape index (κ3) is 4.90. The van der Waals surface area contributed by atoms with Crippen LogP contribution in [0.2, 0.25) is 5.02 Å². The summed E-state index contributed by atoms with van der Waals surface area (Å²) in [6.07, 6.45) is 3.14. The van der Waals surface area contributed by atoms with Gasteiger partial charge in [0.15, 0.2) is 6.61 Å². The van der Waals surface area contributed by atoms with E-state index in [9.17, 15) is 4.79 Å². The van der Waals surface area contributed by atoms with Gasteiger partial charge < -0.3 is 15.0 Å². The number of carbonyl (C=O) groups excluding carboxylic acids is 1. The van der Waals surface area contributed by atoms with Gasteiger partial charge in [-0.15, -0.1) is 0 Å². The molecule has 0 aromatic heterocycles. The van der Waals surface area contributed by atoms with E-state index >= 15 is 0 Å². The zero-order valence-corrected chi connectivity index (χ0v) is 13.2. The summed E-state index contributed by atoms with van der Waals surface area (Å²) in [4.78, 5) is 14.4. The first-order valence-electron chi connectivity index (χ1n) is 7.59. The highest BCUT2D eigenvalue weighted by molar-refractivity contribution is 6.30. The lowest BCUT2D eigenvalue weighted by Gasteiger charge is -2.34. The Balaban J connectivity index is 1.91. The summed E-state index contributed by atoms with van der Waals surface area (Å²) in [7, 11) is 0. The van der Waals surface area contributed by atoms with Crippen molar-refractivity contribution < 1.29 is 9.53 Å². The van der Waals surface area contributed by atoms with E-state index in [0.29, 0.717) is 10.8 Å². The van der Waals surface area contributed by atoms with Crippen LogP contribution in [0.3, 0.4) is 0 Å². The molecule has 1 saturated heterocycles. The van der Waals surface area contributed by atoms with Crippen LogP contribution >= 0.6 is 11.6 Å². The van der Waals surface area contributed by atoms with Crippen molar-refractivity contribution in [2.45, 2.75) is 32.2 Å². The van der Waals surface area contributed by atoms with Crippen LogP contribution in [-0.4, -0.2) is 43.1 Å². The number of ether oxygens (including phenoxy) is 1.